The highest BCUT2D eigenvalue weighted by molar-refractivity contribution is 5.82. The lowest BCUT2D eigenvalue weighted by Gasteiger charge is -2.05. The van der Waals surface area contributed by atoms with E-state index in [0.29, 0.717) is 0 Å². The fraction of sp³-hybridized carbons (Fsp3) is 0.318. The van der Waals surface area contributed by atoms with Crippen molar-refractivity contribution in [3.63, 3.8) is 0 Å². The van der Waals surface area contributed by atoms with Crippen LogP contribution in [0.3, 0.4) is 0 Å². The zero-order valence-corrected chi connectivity index (χ0v) is 15.6. The number of aromatic amines is 1. The van der Waals surface area contributed by atoms with E-state index in [2.05, 4.69) is 48.6 Å². The van der Waals surface area contributed by atoms with Gasteiger partial charge in [0.15, 0.2) is 0 Å². The van der Waals surface area contributed by atoms with Crippen molar-refractivity contribution in [2.24, 2.45) is 0 Å². The standard InChI is InChI=1S/C19H18N2O.C3H8/c1-13-5-4-6-16-17(13)21-18(20-16)15-9-7-14(8-10-15)11-12-19(2,3)22;1-3-2/h4-10,22H,1-3H3,(H,20,21);3H2,1-2H3. The number of benzene rings is 2. The number of aryl methyl sites for hydroxylation is 1. The molecule has 0 aliphatic carbocycles. The molecule has 3 heteroatoms. The zero-order chi connectivity index (χ0) is 18.4. The molecule has 3 aromatic rings. The van der Waals surface area contributed by atoms with Gasteiger partial charge in [-0.25, -0.2) is 4.98 Å². The van der Waals surface area contributed by atoms with E-state index in [1.54, 1.807) is 13.8 Å². The average Bonchev–Trinajstić information content (AvgIpc) is 2.99. The van der Waals surface area contributed by atoms with Gasteiger partial charge in [-0.1, -0.05) is 56.4 Å². The van der Waals surface area contributed by atoms with Gasteiger partial charge in [0.05, 0.1) is 11.0 Å². The van der Waals surface area contributed by atoms with Gasteiger partial charge in [0, 0.05) is 11.1 Å². The Labute approximate surface area is 150 Å². The van der Waals surface area contributed by atoms with E-state index >= 15 is 0 Å². The Morgan fingerprint density at radius 3 is 2.28 bits per heavy atom. The molecule has 0 amide bonds. The normalized spacial score (nSPS) is 10.6. The van der Waals surface area contributed by atoms with E-state index < -0.39 is 5.60 Å². The summed E-state index contributed by atoms with van der Waals surface area (Å²) in [6.45, 7) is 9.65. The third-order valence-corrected chi connectivity index (χ3v) is 3.39. The summed E-state index contributed by atoms with van der Waals surface area (Å²) in [5, 5.41) is 9.63. The summed E-state index contributed by atoms with van der Waals surface area (Å²) in [4.78, 5) is 8.01. The number of aromatic nitrogens is 2. The van der Waals surface area contributed by atoms with Gasteiger partial charge in [-0.15, -0.1) is 0 Å². The molecule has 2 N–H and O–H groups in total. The molecule has 0 saturated heterocycles. The predicted molar refractivity (Wildman–Crippen MR) is 105 cm³/mol. The van der Waals surface area contributed by atoms with E-state index in [9.17, 15) is 5.11 Å². The van der Waals surface area contributed by atoms with Crippen molar-refractivity contribution < 1.29 is 5.11 Å². The maximum atomic E-state index is 9.63. The summed E-state index contributed by atoms with van der Waals surface area (Å²) < 4.78 is 0. The zero-order valence-electron chi connectivity index (χ0n) is 15.6. The molecule has 0 spiro atoms. The Morgan fingerprint density at radius 1 is 1.08 bits per heavy atom. The molecule has 1 aromatic heterocycles. The third-order valence-electron chi connectivity index (χ3n) is 3.39. The second kappa shape index (κ2) is 8.00. The molecule has 1 heterocycles. The van der Waals surface area contributed by atoms with Crippen molar-refractivity contribution in [2.45, 2.75) is 46.6 Å². The molecular formula is C22H26N2O. The van der Waals surface area contributed by atoms with Crippen LogP contribution in [0.25, 0.3) is 22.4 Å². The van der Waals surface area contributed by atoms with Crippen LogP contribution < -0.4 is 0 Å². The molecule has 0 bridgehead atoms. The number of hydrogen-bond acceptors (Lipinski definition) is 2. The molecule has 0 aliphatic rings. The summed E-state index contributed by atoms with van der Waals surface area (Å²) in [5.74, 6) is 6.63. The monoisotopic (exact) mass is 334 g/mol. The Bertz CT molecular complexity index is 888. The van der Waals surface area contributed by atoms with Crippen LogP contribution in [0.4, 0.5) is 0 Å². The quantitative estimate of drug-likeness (QED) is 0.610. The van der Waals surface area contributed by atoms with Crippen LogP contribution in [0, 0.1) is 18.8 Å². The Kier molecular flexibility index (Phi) is 6.01. The van der Waals surface area contributed by atoms with E-state index in [1.807, 2.05) is 36.4 Å². The van der Waals surface area contributed by atoms with Gasteiger partial charge in [0.2, 0.25) is 0 Å². The lowest BCUT2D eigenvalue weighted by molar-refractivity contribution is 0.143. The van der Waals surface area contributed by atoms with E-state index in [4.69, 9.17) is 0 Å². The second-order valence-corrected chi connectivity index (χ2v) is 6.65. The molecule has 0 radical (unpaired) electrons. The first kappa shape index (κ1) is 18.8. The van der Waals surface area contributed by atoms with Crippen LogP contribution in [0.2, 0.25) is 0 Å². The highest BCUT2D eigenvalue weighted by Gasteiger charge is 2.07. The molecule has 3 rings (SSSR count). The molecule has 3 nitrogen and oxygen atoms in total. The highest BCUT2D eigenvalue weighted by atomic mass is 16.3. The third kappa shape index (κ3) is 5.20. The van der Waals surface area contributed by atoms with Crippen molar-refractivity contribution in [3.05, 3.63) is 53.6 Å². The maximum Gasteiger partial charge on any atom is 0.138 e. The number of imidazole rings is 1. The summed E-state index contributed by atoms with van der Waals surface area (Å²) in [6, 6.07) is 14.0. The lowest BCUT2D eigenvalue weighted by Crippen LogP contribution is -2.14. The molecule has 0 fully saturated rings. The number of nitrogens with zero attached hydrogens (tertiary/aromatic N) is 1. The van der Waals surface area contributed by atoms with Gasteiger partial charge in [-0.2, -0.15) is 0 Å². The van der Waals surface area contributed by atoms with Crippen LogP contribution in [0.1, 0.15) is 45.2 Å². The van der Waals surface area contributed by atoms with Gasteiger partial charge in [0.1, 0.15) is 11.4 Å². The molecule has 25 heavy (non-hydrogen) atoms. The Hall–Kier alpha value is -2.57. The number of H-pyrrole nitrogens is 1. The van der Waals surface area contributed by atoms with Crippen molar-refractivity contribution in [2.75, 3.05) is 0 Å². The van der Waals surface area contributed by atoms with Gasteiger partial charge in [-0.05, 0) is 44.5 Å². The van der Waals surface area contributed by atoms with Crippen molar-refractivity contribution in [3.8, 4) is 23.2 Å². The maximum absolute atomic E-state index is 9.63. The minimum atomic E-state index is -0.977. The van der Waals surface area contributed by atoms with E-state index in [-0.39, 0.29) is 0 Å². The number of nitrogens with one attached hydrogen (secondary N) is 1. The predicted octanol–water partition coefficient (Wildman–Crippen LogP) is 5.08. The SMILES string of the molecule is CCC.Cc1cccc2[nH]c(-c3ccc(C#CC(C)(C)O)cc3)nc12. The number of aliphatic hydroxyl groups is 1. The molecule has 130 valence electrons. The number of fused-ring (bicyclic) bond motifs is 1. The lowest BCUT2D eigenvalue weighted by atomic mass is 10.1. The molecule has 0 saturated carbocycles. The number of rotatable bonds is 1. The first-order valence-corrected chi connectivity index (χ1v) is 8.65. The van der Waals surface area contributed by atoms with E-state index in [1.165, 1.54) is 6.42 Å². The minimum absolute atomic E-state index is 0.853. The fourth-order valence-corrected chi connectivity index (χ4v) is 2.25. The van der Waals surface area contributed by atoms with Crippen LogP contribution in [0.15, 0.2) is 42.5 Å². The van der Waals surface area contributed by atoms with Crippen LogP contribution in [-0.2, 0) is 0 Å². The highest BCUT2D eigenvalue weighted by Crippen LogP contribution is 2.22. The smallest absolute Gasteiger partial charge is 0.138 e. The summed E-state index contributed by atoms with van der Waals surface area (Å²) in [6.07, 6.45) is 1.25. The molecule has 0 unspecified atom stereocenters. The number of para-hydroxylation sites is 1. The minimum Gasteiger partial charge on any atom is -0.378 e. The van der Waals surface area contributed by atoms with Crippen LogP contribution >= 0.6 is 0 Å². The fourth-order valence-electron chi connectivity index (χ4n) is 2.25. The van der Waals surface area contributed by atoms with E-state index in [0.717, 1.165) is 33.5 Å². The average molecular weight is 334 g/mol. The summed E-state index contributed by atoms with van der Waals surface area (Å²) >= 11 is 0. The first-order valence-electron chi connectivity index (χ1n) is 8.65. The Morgan fingerprint density at radius 2 is 1.72 bits per heavy atom. The van der Waals surface area contributed by atoms with Gasteiger partial charge in [0.25, 0.3) is 0 Å². The molecular weight excluding hydrogens is 308 g/mol. The molecule has 2 aromatic carbocycles. The summed E-state index contributed by atoms with van der Waals surface area (Å²) in [5.41, 5.74) is 4.12. The Balaban J connectivity index is 0.000000701. The van der Waals surface area contributed by atoms with Gasteiger partial charge < -0.3 is 10.1 Å². The van der Waals surface area contributed by atoms with Crippen molar-refractivity contribution >= 4 is 11.0 Å². The largest absolute Gasteiger partial charge is 0.378 e. The van der Waals surface area contributed by atoms with Crippen LogP contribution in [-0.4, -0.2) is 20.7 Å². The van der Waals surface area contributed by atoms with Crippen molar-refractivity contribution in [1.29, 1.82) is 0 Å². The van der Waals surface area contributed by atoms with Gasteiger partial charge >= 0.3 is 0 Å². The van der Waals surface area contributed by atoms with Crippen molar-refractivity contribution in [1.82, 2.24) is 9.97 Å². The topological polar surface area (TPSA) is 48.9 Å². The molecule has 0 aliphatic heterocycles. The number of hydrogen-bond donors (Lipinski definition) is 2. The van der Waals surface area contributed by atoms with Gasteiger partial charge in [-0.3, -0.25) is 0 Å². The molecule has 0 atom stereocenters. The van der Waals surface area contributed by atoms with Crippen LogP contribution in [0.5, 0.6) is 0 Å². The first-order chi connectivity index (χ1) is 11.8. The second-order valence-electron chi connectivity index (χ2n) is 6.65. The summed E-state index contributed by atoms with van der Waals surface area (Å²) in [7, 11) is 0.